The highest BCUT2D eigenvalue weighted by Crippen LogP contribution is 2.15. The Balaban J connectivity index is 1.90. The van der Waals surface area contributed by atoms with E-state index in [0.717, 1.165) is 16.6 Å². The molecule has 0 saturated heterocycles. The first-order valence-electron chi connectivity index (χ1n) is 5.02. The van der Waals surface area contributed by atoms with E-state index in [1.54, 1.807) is 6.07 Å². The molecule has 0 aliphatic rings. The number of H-pyrrole nitrogens is 1. The summed E-state index contributed by atoms with van der Waals surface area (Å²) in [6.45, 7) is 1.27. The summed E-state index contributed by atoms with van der Waals surface area (Å²) in [5.41, 5.74) is 1.84. The van der Waals surface area contributed by atoms with E-state index >= 15 is 0 Å². The summed E-state index contributed by atoms with van der Waals surface area (Å²) in [5, 5.41) is 3.19. The van der Waals surface area contributed by atoms with Crippen molar-refractivity contribution >= 4 is 15.9 Å². The van der Waals surface area contributed by atoms with Gasteiger partial charge in [-0.1, -0.05) is 22.0 Å². The summed E-state index contributed by atoms with van der Waals surface area (Å²) in [6, 6.07) is 7.10. The largest absolute Gasteiger partial charge is 0.367 e. The molecule has 2 nitrogen and oxygen atoms in total. The van der Waals surface area contributed by atoms with Crippen molar-refractivity contribution in [1.82, 2.24) is 10.3 Å². The van der Waals surface area contributed by atoms with E-state index in [1.807, 2.05) is 24.5 Å². The molecule has 0 aliphatic heterocycles. The van der Waals surface area contributed by atoms with Crippen LogP contribution in [-0.4, -0.2) is 4.98 Å². The maximum Gasteiger partial charge on any atom is 0.128 e. The third-order valence-electron chi connectivity index (χ3n) is 2.32. The molecule has 0 unspecified atom stereocenters. The summed E-state index contributed by atoms with van der Waals surface area (Å²) < 4.78 is 14.2. The summed E-state index contributed by atoms with van der Waals surface area (Å²) in [7, 11) is 0. The van der Waals surface area contributed by atoms with E-state index in [-0.39, 0.29) is 5.82 Å². The fourth-order valence-electron chi connectivity index (χ4n) is 1.47. The lowest BCUT2D eigenvalue weighted by Gasteiger charge is -2.05. The Morgan fingerprint density at radius 3 is 2.81 bits per heavy atom. The van der Waals surface area contributed by atoms with Gasteiger partial charge in [-0.05, 0) is 23.8 Å². The molecule has 16 heavy (non-hydrogen) atoms. The number of hydrogen-bond donors (Lipinski definition) is 2. The standard InChI is InChI=1S/C12H12BrFN2/c13-11-2-1-10(12(14)5-11)8-16-7-9-3-4-15-6-9/h1-6,15-16H,7-8H2. The third-order valence-corrected chi connectivity index (χ3v) is 2.82. The average Bonchev–Trinajstić information content (AvgIpc) is 2.74. The summed E-state index contributed by atoms with van der Waals surface area (Å²) in [4.78, 5) is 2.98. The molecule has 1 heterocycles. The van der Waals surface area contributed by atoms with Crippen LogP contribution in [0.25, 0.3) is 0 Å². The number of rotatable bonds is 4. The van der Waals surface area contributed by atoms with Crippen molar-refractivity contribution in [3.05, 3.63) is 58.1 Å². The third kappa shape index (κ3) is 2.93. The first-order valence-corrected chi connectivity index (χ1v) is 5.81. The Morgan fingerprint density at radius 2 is 2.12 bits per heavy atom. The van der Waals surface area contributed by atoms with Gasteiger partial charge in [0.2, 0.25) is 0 Å². The number of aromatic amines is 1. The van der Waals surface area contributed by atoms with Crippen LogP contribution in [0.4, 0.5) is 4.39 Å². The first-order chi connectivity index (χ1) is 7.75. The maximum atomic E-state index is 13.4. The van der Waals surface area contributed by atoms with Crippen molar-refractivity contribution in [2.24, 2.45) is 0 Å². The van der Waals surface area contributed by atoms with Gasteiger partial charge < -0.3 is 10.3 Å². The number of hydrogen-bond acceptors (Lipinski definition) is 1. The second-order valence-corrected chi connectivity index (χ2v) is 4.47. The smallest absolute Gasteiger partial charge is 0.128 e. The molecule has 2 rings (SSSR count). The molecule has 0 saturated carbocycles. The Morgan fingerprint density at radius 1 is 1.25 bits per heavy atom. The van der Waals surface area contributed by atoms with Crippen molar-refractivity contribution in [2.45, 2.75) is 13.1 Å². The van der Waals surface area contributed by atoms with Crippen molar-refractivity contribution in [3.63, 3.8) is 0 Å². The lowest BCUT2D eigenvalue weighted by molar-refractivity contribution is 0.587. The molecule has 1 aromatic carbocycles. The number of benzene rings is 1. The molecule has 1 aromatic heterocycles. The molecule has 0 bridgehead atoms. The van der Waals surface area contributed by atoms with Crippen LogP contribution in [0.2, 0.25) is 0 Å². The lowest BCUT2D eigenvalue weighted by Crippen LogP contribution is -2.13. The minimum absolute atomic E-state index is 0.184. The summed E-state index contributed by atoms with van der Waals surface area (Å²) in [6.07, 6.45) is 3.79. The number of nitrogens with one attached hydrogen (secondary N) is 2. The molecule has 0 amide bonds. The average molecular weight is 283 g/mol. The summed E-state index contributed by atoms with van der Waals surface area (Å²) >= 11 is 3.23. The van der Waals surface area contributed by atoms with Crippen molar-refractivity contribution in [2.75, 3.05) is 0 Å². The van der Waals surface area contributed by atoms with Crippen molar-refractivity contribution in [3.8, 4) is 0 Å². The molecular weight excluding hydrogens is 271 g/mol. The van der Waals surface area contributed by atoms with Gasteiger partial charge in [-0.3, -0.25) is 0 Å². The highest BCUT2D eigenvalue weighted by atomic mass is 79.9. The van der Waals surface area contributed by atoms with E-state index in [0.29, 0.717) is 12.1 Å². The normalized spacial score (nSPS) is 10.6. The quantitative estimate of drug-likeness (QED) is 0.886. The molecular formula is C12H12BrFN2. The van der Waals surface area contributed by atoms with Crippen LogP contribution in [0.15, 0.2) is 41.1 Å². The Labute approximate surface area is 102 Å². The SMILES string of the molecule is Fc1cc(Br)ccc1CNCc1cc[nH]c1. The second kappa shape index (κ2) is 5.27. The maximum absolute atomic E-state index is 13.4. The first kappa shape index (κ1) is 11.4. The van der Waals surface area contributed by atoms with Crippen LogP contribution in [0.5, 0.6) is 0 Å². The van der Waals surface area contributed by atoms with Crippen LogP contribution in [0.1, 0.15) is 11.1 Å². The van der Waals surface area contributed by atoms with Gasteiger partial charge in [0.1, 0.15) is 5.82 Å². The van der Waals surface area contributed by atoms with Crippen LogP contribution >= 0.6 is 15.9 Å². The minimum atomic E-state index is -0.184. The molecule has 0 radical (unpaired) electrons. The van der Waals surface area contributed by atoms with Crippen LogP contribution in [-0.2, 0) is 13.1 Å². The topological polar surface area (TPSA) is 27.8 Å². The van der Waals surface area contributed by atoms with E-state index in [9.17, 15) is 4.39 Å². The zero-order valence-electron chi connectivity index (χ0n) is 8.63. The molecule has 0 fully saturated rings. The molecule has 0 atom stereocenters. The van der Waals surface area contributed by atoms with Gasteiger partial charge in [0, 0.05) is 35.5 Å². The molecule has 2 aromatic rings. The Hall–Kier alpha value is -1.13. The molecule has 0 spiro atoms. The van der Waals surface area contributed by atoms with Gasteiger partial charge in [-0.25, -0.2) is 4.39 Å². The monoisotopic (exact) mass is 282 g/mol. The van der Waals surface area contributed by atoms with Gasteiger partial charge >= 0.3 is 0 Å². The van der Waals surface area contributed by atoms with E-state index < -0.39 is 0 Å². The van der Waals surface area contributed by atoms with E-state index in [4.69, 9.17) is 0 Å². The van der Waals surface area contributed by atoms with Crippen molar-refractivity contribution in [1.29, 1.82) is 0 Å². The van der Waals surface area contributed by atoms with Crippen molar-refractivity contribution < 1.29 is 4.39 Å². The zero-order chi connectivity index (χ0) is 11.4. The fourth-order valence-corrected chi connectivity index (χ4v) is 1.81. The highest BCUT2D eigenvalue weighted by molar-refractivity contribution is 9.10. The zero-order valence-corrected chi connectivity index (χ0v) is 10.2. The summed E-state index contributed by atoms with van der Waals surface area (Å²) in [5.74, 6) is -0.184. The highest BCUT2D eigenvalue weighted by Gasteiger charge is 2.02. The molecule has 2 N–H and O–H groups in total. The van der Waals surface area contributed by atoms with E-state index in [1.165, 1.54) is 6.07 Å². The van der Waals surface area contributed by atoms with Gasteiger partial charge in [0.25, 0.3) is 0 Å². The fraction of sp³-hybridized carbons (Fsp3) is 0.167. The Bertz CT molecular complexity index is 454. The molecule has 84 valence electrons. The number of halogens is 2. The second-order valence-electron chi connectivity index (χ2n) is 3.56. The van der Waals surface area contributed by atoms with Crippen LogP contribution < -0.4 is 5.32 Å². The van der Waals surface area contributed by atoms with Gasteiger partial charge in [-0.2, -0.15) is 0 Å². The predicted octanol–water partition coefficient (Wildman–Crippen LogP) is 3.21. The van der Waals surface area contributed by atoms with Gasteiger partial charge in [0.15, 0.2) is 0 Å². The van der Waals surface area contributed by atoms with Crippen LogP contribution in [0, 0.1) is 5.82 Å². The van der Waals surface area contributed by atoms with Crippen LogP contribution in [0.3, 0.4) is 0 Å². The van der Waals surface area contributed by atoms with E-state index in [2.05, 4.69) is 26.2 Å². The number of aromatic nitrogens is 1. The Kier molecular flexibility index (Phi) is 3.74. The lowest BCUT2D eigenvalue weighted by atomic mass is 10.2. The molecule has 4 heteroatoms. The van der Waals surface area contributed by atoms with Gasteiger partial charge in [-0.15, -0.1) is 0 Å². The minimum Gasteiger partial charge on any atom is -0.367 e. The predicted molar refractivity (Wildman–Crippen MR) is 65.4 cm³/mol. The molecule has 0 aliphatic carbocycles. The van der Waals surface area contributed by atoms with Gasteiger partial charge in [0.05, 0.1) is 0 Å².